The van der Waals surface area contributed by atoms with Crippen molar-refractivity contribution in [3.8, 4) is 5.75 Å². The van der Waals surface area contributed by atoms with E-state index in [4.69, 9.17) is 4.74 Å². The molecular formula is C31H41ClN4O3. The average Bonchev–Trinajstić information content (AvgIpc) is 3.60. The second-order valence-electron chi connectivity index (χ2n) is 11.8. The molecule has 2 atom stereocenters. The molecule has 4 fully saturated rings. The molecule has 1 spiro atoms. The number of hydrogen-bond acceptors (Lipinski definition) is 4. The number of nitrogens with zero attached hydrogens (tertiary/aromatic N) is 3. The summed E-state index contributed by atoms with van der Waals surface area (Å²) in [6.07, 6.45) is 5.04. The van der Waals surface area contributed by atoms with Crippen LogP contribution >= 0.6 is 12.4 Å². The number of carbonyl (C=O) groups is 2. The van der Waals surface area contributed by atoms with Crippen LogP contribution in [0.1, 0.15) is 49.1 Å². The van der Waals surface area contributed by atoms with E-state index in [0.29, 0.717) is 30.3 Å². The Hall–Kier alpha value is -2.77. The summed E-state index contributed by atoms with van der Waals surface area (Å²) in [5.74, 6) is 1.93. The molecule has 0 radical (unpaired) electrons. The van der Waals surface area contributed by atoms with E-state index in [1.807, 2.05) is 17.0 Å². The normalized spacial score (nSPS) is 24.6. The molecule has 1 unspecified atom stereocenters. The van der Waals surface area contributed by atoms with Crippen molar-refractivity contribution in [2.45, 2.75) is 50.6 Å². The summed E-state index contributed by atoms with van der Waals surface area (Å²) in [7, 11) is 1.67. The number of urea groups is 1. The fourth-order valence-electron chi connectivity index (χ4n) is 6.75. The zero-order valence-corrected chi connectivity index (χ0v) is 23.7. The van der Waals surface area contributed by atoms with Crippen LogP contribution in [0.25, 0.3) is 0 Å². The van der Waals surface area contributed by atoms with Gasteiger partial charge < -0.3 is 24.8 Å². The van der Waals surface area contributed by atoms with E-state index in [9.17, 15) is 9.59 Å². The van der Waals surface area contributed by atoms with Crippen LogP contribution in [0, 0.1) is 11.3 Å². The van der Waals surface area contributed by atoms with Crippen molar-refractivity contribution in [1.82, 2.24) is 20.0 Å². The first-order valence-corrected chi connectivity index (χ1v) is 14.3. The summed E-state index contributed by atoms with van der Waals surface area (Å²) < 4.78 is 5.27. The Morgan fingerprint density at radius 2 is 1.67 bits per heavy atom. The SMILES string of the molecule is COc1ccc(CN2CCC3(CCN(C[C@H]4CN(C(=O)NC5CC5)CC4c4ccccc4)CC3)C2=O)cc1.Cl. The number of piperidine rings is 1. The van der Waals surface area contributed by atoms with E-state index < -0.39 is 0 Å². The van der Waals surface area contributed by atoms with E-state index in [2.05, 4.69) is 57.6 Å². The lowest BCUT2D eigenvalue weighted by Gasteiger charge is -2.39. The Morgan fingerprint density at radius 3 is 2.33 bits per heavy atom. The van der Waals surface area contributed by atoms with Gasteiger partial charge in [0, 0.05) is 44.7 Å². The minimum atomic E-state index is -0.201. The van der Waals surface area contributed by atoms with Gasteiger partial charge in [0.25, 0.3) is 0 Å². The summed E-state index contributed by atoms with van der Waals surface area (Å²) in [5, 5.41) is 3.18. The molecule has 39 heavy (non-hydrogen) atoms. The van der Waals surface area contributed by atoms with Crippen molar-refractivity contribution < 1.29 is 14.3 Å². The highest BCUT2D eigenvalue weighted by molar-refractivity contribution is 5.85. The Bertz CT molecular complexity index is 1130. The number of likely N-dealkylation sites (tertiary alicyclic amines) is 3. The minimum absolute atomic E-state index is 0. The first-order valence-electron chi connectivity index (χ1n) is 14.3. The molecule has 210 valence electrons. The number of halogens is 1. The lowest BCUT2D eigenvalue weighted by molar-refractivity contribution is -0.139. The molecule has 2 aromatic carbocycles. The standard InChI is InChI=1S/C31H40N4O3.ClH/c1-38-27-11-7-23(8-12-27)19-34-18-15-31(29(34)36)13-16-33(17-14-31)20-25-21-35(30(37)32-26-9-10-26)22-28(25)24-5-3-2-4-6-24;/h2-8,11-12,25-26,28H,9-10,13-22H2,1H3,(H,32,37);1H/t25-,28?;/m0./s1. The molecule has 3 heterocycles. The third-order valence-electron chi connectivity index (χ3n) is 9.30. The molecule has 2 aromatic rings. The van der Waals surface area contributed by atoms with Crippen LogP contribution in [0.15, 0.2) is 54.6 Å². The van der Waals surface area contributed by atoms with Crippen molar-refractivity contribution >= 4 is 24.3 Å². The van der Waals surface area contributed by atoms with Gasteiger partial charge in [-0.1, -0.05) is 42.5 Å². The minimum Gasteiger partial charge on any atom is -0.497 e. The first kappa shape index (κ1) is 27.8. The van der Waals surface area contributed by atoms with Crippen LogP contribution in [-0.2, 0) is 11.3 Å². The summed E-state index contributed by atoms with van der Waals surface area (Å²) in [6.45, 7) is 5.98. The molecule has 0 bridgehead atoms. The largest absolute Gasteiger partial charge is 0.497 e. The maximum atomic E-state index is 13.5. The van der Waals surface area contributed by atoms with Gasteiger partial charge in [-0.05, 0) is 74.4 Å². The highest BCUT2D eigenvalue weighted by Gasteiger charge is 2.48. The van der Waals surface area contributed by atoms with Crippen molar-refractivity contribution in [3.63, 3.8) is 0 Å². The molecule has 3 amide bonds. The van der Waals surface area contributed by atoms with E-state index >= 15 is 0 Å². The summed E-state index contributed by atoms with van der Waals surface area (Å²) >= 11 is 0. The number of hydrogen-bond donors (Lipinski definition) is 1. The number of methoxy groups -OCH3 is 1. The zero-order chi connectivity index (χ0) is 26.1. The van der Waals surface area contributed by atoms with E-state index in [0.717, 1.165) is 82.7 Å². The van der Waals surface area contributed by atoms with Crippen LogP contribution in [-0.4, -0.2) is 79.1 Å². The third kappa shape index (κ3) is 6.04. The lowest BCUT2D eigenvalue weighted by atomic mass is 9.76. The average molecular weight is 553 g/mol. The van der Waals surface area contributed by atoms with Gasteiger partial charge in [0.05, 0.1) is 12.5 Å². The molecule has 3 aliphatic heterocycles. The van der Waals surface area contributed by atoms with Gasteiger partial charge in [-0.15, -0.1) is 12.4 Å². The molecule has 6 rings (SSSR count). The Morgan fingerprint density at radius 1 is 0.974 bits per heavy atom. The maximum absolute atomic E-state index is 13.5. The van der Waals surface area contributed by atoms with Crippen LogP contribution in [0.4, 0.5) is 4.79 Å². The first-order chi connectivity index (χ1) is 18.5. The van der Waals surface area contributed by atoms with Crippen molar-refractivity contribution in [1.29, 1.82) is 0 Å². The highest BCUT2D eigenvalue weighted by atomic mass is 35.5. The van der Waals surface area contributed by atoms with Crippen molar-refractivity contribution in [3.05, 3.63) is 65.7 Å². The Kier molecular flexibility index (Phi) is 8.38. The van der Waals surface area contributed by atoms with Gasteiger partial charge in [-0.25, -0.2) is 4.79 Å². The molecule has 3 saturated heterocycles. The predicted octanol–water partition coefficient (Wildman–Crippen LogP) is 4.52. The molecule has 1 saturated carbocycles. The van der Waals surface area contributed by atoms with Gasteiger partial charge in [-0.3, -0.25) is 4.79 Å². The number of rotatable bonds is 7. The Labute approximate surface area is 238 Å². The number of benzene rings is 2. The van der Waals surface area contributed by atoms with Crippen LogP contribution in [0.5, 0.6) is 5.75 Å². The fourth-order valence-corrected chi connectivity index (χ4v) is 6.75. The second-order valence-corrected chi connectivity index (χ2v) is 11.8. The van der Waals surface area contributed by atoms with Crippen molar-refractivity contribution in [2.24, 2.45) is 11.3 Å². The van der Waals surface area contributed by atoms with Crippen LogP contribution in [0.2, 0.25) is 0 Å². The number of nitrogens with one attached hydrogen (secondary N) is 1. The third-order valence-corrected chi connectivity index (χ3v) is 9.30. The number of ether oxygens (including phenoxy) is 1. The number of amides is 3. The van der Waals surface area contributed by atoms with Gasteiger partial charge in [0.15, 0.2) is 0 Å². The summed E-state index contributed by atoms with van der Waals surface area (Å²) in [5.41, 5.74) is 2.28. The molecule has 4 aliphatic rings. The predicted molar refractivity (Wildman–Crippen MR) is 154 cm³/mol. The van der Waals surface area contributed by atoms with Gasteiger partial charge in [-0.2, -0.15) is 0 Å². The lowest BCUT2D eigenvalue weighted by Crippen LogP contribution is -2.46. The smallest absolute Gasteiger partial charge is 0.317 e. The van der Waals surface area contributed by atoms with E-state index in [-0.39, 0.29) is 23.9 Å². The number of carbonyl (C=O) groups excluding carboxylic acids is 2. The molecule has 7 nitrogen and oxygen atoms in total. The zero-order valence-electron chi connectivity index (χ0n) is 22.9. The Balaban J connectivity index is 0.00000308. The van der Waals surface area contributed by atoms with Crippen molar-refractivity contribution in [2.75, 3.05) is 46.4 Å². The van der Waals surface area contributed by atoms with Crippen LogP contribution in [0.3, 0.4) is 0 Å². The summed E-state index contributed by atoms with van der Waals surface area (Å²) in [4.78, 5) is 33.0. The molecule has 0 aromatic heterocycles. The quantitative estimate of drug-likeness (QED) is 0.548. The van der Waals surface area contributed by atoms with Gasteiger partial charge >= 0.3 is 6.03 Å². The summed E-state index contributed by atoms with van der Waals surface area (Å²) in [6, 6.07) is 19.2. The molecule has 8 heteroatoms. The monoisotopic (exact) mass is 552 g/mol. The highest BCUT2D eigenvalue weighted by Crippen LogP contribution is 2.43. The van der Waals surface area contributed by atoms with Gasteiger partial charge in [0.2, 0.25) is 5.91 Å². The molecular weight excluding hydrogens is 512 g/mol. The maximum Gasteiger partial charge on any atom is 0.317 e. The topological polar surface area (TPSA) is 65.1 Å². The van der Waals surface area contributed by atoms with Gasteiger partial charge in [0.1, 0.15) is 5.75 Å². The molecule has 1 aliphatic carbocycles. The molecule has 1 N–H and O–H groups in total. The van der Waals surface area contributed by atoms with E-state index in [1.54, 1.807) is 7.11 Å². The fraction of sp³-hybridized carbons (Fsp3) is 0.548. The van der Waals surface area contributed by atoms with Crippen LogP contribution < -0.4 is 10.1 Å². The second kappa shape index (κ2) is 11.8. The van der Waals surface area contributed by atoms with E-state index in [1.165, 1.54) is 5.56 Å².